The van der Waals surface area contributed by atoms with Gasteiger partial charge in [-0.3, -0.25) is 4.79 Å². The number of benzene rings is 2. The molecule has 0 saturated carbocycles. The molecule has 0 radical (unpaired) electrons. The van der Waals surface area contributed by atoms with Gasteiger partial charge in [-0.2, -0.15) is 5.10 Å². The maximum Gasteiger partial charge on any atom is 0.276 e. The summed E-state index contributed by atoms with van der Waals surface area (Å²) in [4.78, 5) is 12.9. The normalized spacial score (nSPS) is 12.7. The van der Waals surface area contributed by atoms with Crippen LogP contribution in [0, 0.1) is 12.7 Å². The number of hydrogen-bond donors (Lipinski definition) is 2. The first-order chi connectivity index (χ1) is 14.1. The number of carbonyl (C=O) groups excluding carboxylic acids is 1. The van der Waals surface area contributed by atoms with E-state index in [1.165, 1.54) is 6.07 Å². The molecule has 3 N–H and O–H groups in total. The lowest BCUT2D eigenvalue weighted by atomic mass is 10.2. The lowest BCUT2D eigenvalue weighted by molar-refractivity contribution is 0.102. The van der Waals surface area contributed by atoms with Gasteiger partial charge in [0.25, 0.3) is 5.91 Å². The molecule has 150 valence electrons. The average Bonchev–Trinajstić information content (AvgIpc) is 3.30. The summed E-state index contributed by atoms with van der Waals surface area (Å²) in [5, 5.41) is 7.34. The number of anilines is 1. The van der Waals surface area contributed by atoms with Crippen molar-refractivity contribution in [2.75, 3.05) is 18.5 Å². The number of aryl methyl sites for hydroxylation is 1. The number of nitrogens with two attached hydrogens (primary N) is 1. The van der Waals surface area contributed by atoms with Crippen molar-refractivity contribution in [3.63, 3.8) is 0 Å². The number of ether oxygens (including phenoxy) is 1. The molecular weight excluding hydrogens is 371 g/mol. The van der Waals surface area contributed by atoms with Crippen LogP contribution in [0.25, 0.3) is 5.69 Å². The van der Waals surface area contributed by atoms with Gasteiger partial charge < -0.3 is 15.8 Å². The van der Waals surface area contributed by atoms with E-state index in [2.05, 4.69) is 10.4 Å². The second kappa shape index (κ2) is 8.05. The summed E-state index contributed by atoms with van der Waals surface area (Å²) in [5.41, 5.74) is 9.42. The molecular formula is C22H23FN4O2. The molecule has 0 spiro atoms. The number of amides is 1. The Labute approximate surface area is 168 Å². The molecule has 0 bridgehead atoms. The Balaban J connectivity index is 1.59. The first kappa shape index (κ1) is 19.1. The number of nitrogens with one attached hydrogen (secondary N) is 1. The Morgan fingerprint density at radius 2 is 2.03 bits per heavy atom. The van der Waals surface area contributed by atoms with Crippen LogP contribution >= 0.6 is 0 Å². The molecule has 2 aromatic carbocycles. The molecule has 7 heteroatoms. The summed E-state index contributed by atoms with van der Waals surface area (Å²) in [6.07, 6.45) is 2.46. The first-order valence-corrected chi connectivity index (χ1v) is 9.68. The Morgan fingerprint density at radius 3 is 2.76 bits per heavy atom. The topological polar surface area (TPSA) is 82.2 Å². The summed E-state index contributed by atoms with van der Waals surface area (Å²) in [6, 6.07) is 12.1. The molecule has 0 atom stereocenters. The van der Waals surface area contributed by atoms with Crippen LogP contribution in [-0.4, -0.2) is 28.8 Å². The summed E-state index contributed by atoms with van der Waals surface area (Å²) >= 11 is 0. The van der Waals surface area contributed by atoms with E-state index in [4.69, 9.17) is 10.5 Å². The Morgan fingerprint density at radius 1 is 1.24 bits per heavy atom. The van der Waals surface area contributed by atoms with Crippen molar-refractivity contribution in [1.82, 2.24) is 9.78 Å². The van der Waals surface area contributed by atoms with Gasteiger partial charge in [0.05, 0.1) is 0 Å². The van der Waals surface area contributed by atoms with E-state index >= 15 is 0 Å². The zero-order valence-electron chi connectivity index (χ0n) is 16.2. The highest BCUT2D eigenvalue weighted by molar-refractivity contribution is 6.04. The van der Waals surface area contributed by atoms with Crippen LogP contribution in [0.1, 0.15) is 33.7 Å². The third-order valence-electron chi connectivity index (χ3n) is 4.98. The van der Waals surface area contributed by atoms with Gasteiger partial charge in [-0.25, -0.2) is 9.07 Å². The van der Waals surface area contributed by atoms with Crippen molar-refractivity contribution in [3.05, 3.63) is 70.8 Å². The predicted octanol–water partition coefficient (Wildman–Crippen LogP) is 3.40. The van der Waals surface area contributed by atoms with Gasteiger partial charge in [-0.1, -0.05) is 6.07 Å². The Bertz CT molecular complexity index is 1040. The van der Waals surface area contributed by atoms with Crippen molar-refractivity contribution in [3.8, 4) is 11.4 Å². The minimum absolute atomic E-state index is 0.301. The highest BCUT2D eigenvalue weighted by Crippen LogP contribution is 2.29. The Hall–Kier alpha value is -3.19. The van der Waals surface area contributed by atoms with Gasteiger partial charge in [0.2, 0.25) is 0 Å². The molecule has 0 unspecified atom stereocenters. The monoisotopic (exact) mass is 394 g/mol. The highest BCUT2D eigenvalue weighted by atomic mass is 19.1. The molecule has 1 aliphatic carbocycles. The fourth-order valence-electron chi connectivity index (χ4n) is 3.60. The number of aromatic nitrogens is 2. The summed E-state index contributed by atoms with van der Waals surface area (Å²) in [6.45, 7) is 2.71. The number of nitrogens with zero attached hydrogens (tertiary/aromatic N) is 2. The zero-order chi connectivity index (χ0) is 20.4. The quantitative estimate of drug-likeness (QED) is 0.671. The van der Waals surface area contributed by atoms with E-state index in [-0.39, 0.29) is 11.7 Å². The van der Waals surface area contributed by atoms with Gasteiger partial charge in [0.15, 0.2) is 5.69 Å². The van der Waals surface area contributed by atoms with Crippen LogP contribution in [0.4, 0.5) is 10.1 Å². The molecule has 0 fully saturated rings. The van der Waals surface area contributed by atoms with Gasteiger partial charge in [-0.05, 0) is 68.1 Å². The number of hydrogen-bond acceptors (Lipinski definition) is 4. The molecule has 3 aromatic rings. The Kier molecular flexibility index (Phi) is 5.31. The van der Waals surface area contributed by atoms with E-state index in [1.807, 2.05) is 13.0 Å². The van der Waals surface area contributed by atoms with Crippen molar-refractivity contribution < 1.29 is 13.9 Å². The molecule has 1 aromatic heterocycles. The van der Waals surface area contributed by atoms with Crippen molar-refractivity contribution >= 4 is 11.6 Å². The van der Waals surface area contributed by atoms with E-state index in [9.17, 15) is 9.18 Å². The van der Waals surface area contributed by atoms with Gasteiger partial charge in [0, 0.05) is 23.5 Å². The second-order valence-electron chi connectivity index (χ2n) is 7.11. The third-order valence-corrected chi connectivity index (χ3v) is 4.98. The van der Waals surface area contributed by atoms with E-state index < -0.39 is 0 Å². The number of fused-ring (bicyclic) bond motifs is 1. The largest absolute Gasteiger partial charge is 0.492 e. The van der Waals surface area contributed by atoms with Crippen molar-refractivity contribution in [1.29, 1.82) is 0 Å². The third kappa shape index (κ3) is 3.86. The second-order valence-corrected chi connectivity index (χ2v) is 7.11. The minimum Gasteiger partial charge on any atom is -0.492 e. The average molecular weight is 394 g/mol. The maximum atomic E-state index is 14.5. The predicted molar refractivity (Wildman–Crippen MR) is 109 cm³/mol. The van der Waals surface area contributed by atoms with Crippen LogP contribution in [0.5, 0.6) is 5.75 Å². The number of rotatable bonds is 6. The molecule has 1 aliphatic rings. The number of carbonyl (C=O) groups is 1. The lowest BCUT2D eigenvalue weighted by Gasteiger charge is -2.08. The van der Waals surface area contributed by atoms with Gasteiger partial charge >= 0.3 is 0 Å². The van der Waals surface area contributed by atoms with Crippen LogP contribution in [-0.2, 0) is 12.8 Å². The summed E-state index contributed by atoms with van der Waals surface area (Å²) in [7, 11) is 0. The smallest absolute Gasteiger partial charge is 0.276 e. The molecule has 29 heavy (non-hydrogen) atoms. The molecule has 1 amide bonds. The summed E-state index contributed by atoms with van der Waals surface area (Å²) < 4.78 is 21.5. The van der Waals surface area contributed by atoms with E-state index in [1.54, 1.807) is 35.0 Å². The van der Waals surface area contributed by atoms with E-state index in [0.717, 1.165) is 36.1 Å². The standard InChI is InChI=1S/C22H23FN4O2/c1-14-5-10-20(18(23)13-14)27-19-4-2-3-17(19)21(26-27)22(28)25-15-6-8-16(9-7-15)29-12-11-24/h5-10,13H,2-4,11-12,24H2,1H3,(H,25,28). The van der Waals surface area contributed by atoms with Crippen LogP contribution < -0.4 is 15.8 Å². The SMILES string of the molecule is Cc1ccc(-n2nc(C(=O)Nc3ccc(OCCN)cc3)c3c2CCC3)c(F)c1. The van der Waals surface area contributed by atoms with Crippen LogP contribution in [0.2, 0.25) is 0 Å². The minimum atomic E-state index is -0.345. The fraction of sp³-hybridized carbons (Fsp3) is 0.273. The molecule has 0 saturated heterocycles. The first-order valence-electron chi connectivity index (χ1n) is 9.68. The van der Waals surface area contributed by atoms with E-state index in [0.29, 0.717) is 36.0 Å². The fourth-order valence-corrected chi connectivity index (χ4v) is 3.60. The molecule has 1 heterocycles. The van der Waals surface area contributed by atoms with Crippen molar-refractivity contribution in [2.45, 2.75) is 26.2 Å². The van der Waals surface area contributed by atoms with Gasteiger partial charge in [0.1, 0.15) is 23.9 Å². The number of halogens is 1. The van der Waals surface area contributed by atoms with Crippen LogP contribution in [0.15, 0.2) is 42.5 Å². The van der Waals surface area contributed by atoms with Crippen LogP contribution in [0.3, 0.4) is 0 Å². The zero-order valence-corrected chi connectivity index (χ0v) is 16.2. The van der Waals surface area contributed by atoms with Gasteiger partial charge in [-0.15, -0.1) is 0 Å². The summed E-state index contributed by atoms with van der Waals surface area (Å²) in [5.74, 6) is 0.0423. The van der Waals surface area contributed by atoms with Crippen molar-refractivity contribution in [2.24, 2.45) is 5.73 Å². The molecule has 6 nitrogen and oxygen atoms in total. The molecule has 0 aliphatic heterocycles. The molecule has 4 rings (SSSR count). The highest BCUT2D eigenvalue weighted by Gasteiger charge is 2.27. The lowest BCUT2D eigenvalue weighted by Crippen LogP contribution is -2.15. The maximum absolute atomic E-state index is 14.5.